The highest BCUT2D eigenvalue weighted by Gasteiger charge is 2.36. The Balaban J connectivity index is 1.30. The fourth-order valence-corrected chi connectivity index (χ4v) is 5.21. The van der Waals surface area contributed by atoms with Gasteiger partial charge in [-0.05, 0) is 67.6 Å². The maximum Gasteiger partial charge on any atom is 0.307 e. The van der Waals surface area contributed by atoms with Gasteiger partial charge in [-0.3, -0.25) is 9.69 Å². The lowest BCUT2D eigenvalue weighted by Crippen LogP contribution is -2.52. The van der Waals surface area contributed by atoms with Crippen LogP contribution >= 0.6 is 0 Å². The number of carbonyl (C=O) groups is 1. The van der Waals surface area contributed by atoms with Crippen LogP contribution in [0.25, 0.3) is 0 Å². The number of esters is 1. The summed E-state index contributed by atoms with van der Waals surface area (Å²) in [7, 11) is 0. The highest BCUT2D eigenvalue weighted by molar-refractivity contribution is 5.72. The first-order valence-corrected chi connectivity index (χ1v) is 12.4. The van der Waals surface area contributed by atoms with Gasteiger partial charge in [0.25, 0.3) is 0 Å². The maximum absolute atomic E-state index is 13.1. The van der Waals surface area contributed by atoms with Crippen LogP contribution < -0.4 is 4.74 Å². The van der Waals surface area contributed by atoms with E-state index >= 15 is 0 Å². The van der Waals surface area contributed by atoms with E-state index in [4.69, 9.17) is 9.47 Å². The summed E-state index contributed by atoms with van der Waals surface area (Å²) >= 11 is 0. The summed E-state index contributed by atoms with van der Waals surface area (Å²) in [6, 6.07) is 26.8. The molecule has 0 spiro atoms. The number of aryl methyl sites for hydroxylation is 1. The predicted molar refractivity (Wildman–Crippen MR) is 134 cm³/mol. The standard InChI is InChI=1S/C30H33NO3/c1-22-10-12-23(13-11-22)21-33-27-9-5-8-26(18-27)28(24-6-3-2-4-7-24)19-30(32)34-29-20-31-16-14-25(29)15-17-31/h2-13,18,25,28-29H,14-17,19-21H2,1H3/t28-,29-/m0/s1. The second kappa shape index (κ2) is 10.4. The van der Waals surface area contributed by atoms with Gasteiger partial charge in [0.1, 0.15) is 18.5 Å². The smallest absolute Gasteiger partial charge is 0.307 e. The Morgan fingerprint density at radius 1 is 0.941 bits per heavy atom. The predicted octanol–water partition coefficient (Wildman–Crippen LogP) is 5.73. The van der Waals surface area contributed by atoms with Gasteiger partial charge in [-0.25, -0.2) is 0 Å². The summed E-state index contributed by atoms with van der Waals surface area (Å²) in [4.78, 5) is 15.5. The Morgan fingerprint density at radius 3 is 2.38 bits per heavy atom. The normalized spacial score (nSPS) is 22.2. The molecule has 0 radical (unpaired) electrons. The largest absolute Gasteiger partial charge is 0.489 e. The van der Waals surface area contributed by atoms with Crippen molar-refractivity contribution < 1.29 is 14.3 Å². The van der Waals surface area contributed by atoms with Gasteiger partial charge in [0.15, 0.2) is 0 Å². The van der Waals surface area contributed by atoms with Crippen LogP contribution in [0.5, 0.6) is 5.75 Å². The minimum atomic E-state index is -0.112. The van der Waals surface area contributed by atoms with Crippen LogP contribution in [0, 0.1) is 12.8 Å². The van der Waals surface area contributed by atoms with Gasteiger partial charge in [0.05, 0.1) is 6.42 Å². The zero-order chi connectivity index (χ0) is 23.3. The summed E-state index contributed by atoms with van der Waals surface area (Å²) in [5, 5.41) is 0. The molecule has 3 aromatic rings. The minimum absolute atomic E-state index is 0.0376. The van der Waals surface area contributed by atoms with Crippen molar-refractivity contribution in [3.05, 3.63) is 101 Å². The number of benzene rings is 3. The van der Waals surface area contributed by atoms with Gasteiger partial charge in [-0.2, -0.15) is 0 Å². The van der Waals surface area contributed by atoms with Crippen molar-refractivity contribution in [2.45, 2.75) is 44.8 Å². The quantitative estimate of drug-likeness (QED) is 0.407. The maximum atomic E-state index is 13.1. The Morgan fingerprint density at radius 2 is 1.68 bits per heavy atom. The molecule has 34 heavy (non-hydrogen) atoms. The number of hydrogen-bond donors (Lipinski definition) is 0. The molecule has 176 valence electrons. The summed E-state index contributed by atoms with van der Waals surface area (Å²) in [6.45, 7) is 5.76. The molecule has 4 heteroatoms. The molecule has 0 saturated carbocycles. The second-order valence-corrected chi connectivity index (χ2v) is 9.68. The number of ether oxygens (including phenoxy) is 2. The first kappa shape index (κ1) is 22.7. The van der Waals surface area contributed by atoms with Crippen LogP contribution in [0.15, 0.2) is 78.9 Å². The van der Waals surface area contributed by atoms with Gasteiger partial charge < -0.3 is 9.47 Å². The summed E-state index contributed by atoms with van der Waals surface area (Å²) in [5.74, 6) is 1.14. The Labute approximate surface area is 202 Å². The van der Waals surface area contributed by atoms with Gasteiger partial charge in [-0.1, -0.05) is 72.3 Å². The molecule has 0 aliphatic carbocycles. The van der Waals surface area contributed by atoms with E-state index in [1.54, 1.807) is 0 Å². The molecule has 0 amide bonds. The summed E-state index contributed by atoms with van der Waals surface area (Å²) < 4.78 is 12.1. The molecule has 3 aromatic carbocycles. The van der Waals surface area contributed by atoms with E-state index in [0.29, 0.717) is 18.9 Å². The molecule has 0 aromatic heterocycles. The van der Waals surface area contributed by atoms with E-state index in [0.717, 1.165) is 54.9 Å². The van der Waals surface area contributed by atoms with Crippen LogP contribution in [0.3, 0.4) is 0 Å². The van der Waals surface area contributed by atoms with Gasteiger partial charge >= 0.3 is 5.97 Å². The fraction of sp³-hybridized carbons (Fsp3) is 0.367. The molecule has 3 heterocycles. The van der Waals surface area contributed by atoms with Crippen LogP contribution in [-0.2, 0) is 16.1 Å². The highest BCUT2D eigenvalue weighted by atomic mass is 16.5. The average molecular weight is 456 g/mol. The first-order chi connectivity index (χ1) is 16.6. The summed E-state index contributed by atoms with van der Waals surface area (Å²) in [5.41, 5.74) is 4.56. The Bertz CT molecular complexity index is 1090. The Hall–Kier alpha value is -3.11. The van der Waals surface area contributed by atoms with Crippen LogP contribution in [0.2, 0.25) is 0 Å². The van der Waals surface area contributed by atoms with E-state index in [2.05, 4.69) is 60.4 Å². The summed E-state index contributed by atoms with van der Waals surface area (Å²) in [6.07, 6.45) is 2.64. The molecular weight excluding hydrogens is 422 g/mol. The number of hydrogen-bond acceptors (Lipinski definition) is 4. The molecule has 0 unspecified atom stereocenters. The van der Waals surface area contributed by atoms with Crippen molar-refractivity contribution in [3.63, 3.8) is 0 Å². The van der Waals surface area contributed by atoms with E-state index < -0.39 is 0 Å². The van der Waals surface area contributed by atoms with Crippen LogP contribution in [-0.4, -0.2) is 36.6 Å². The SMILES string of the molecule is Cc1ccc(COc2cccc([C@@H](CC(=O)O[C@H]3CN4CCC3CC4)c3ccccc3)c2)cc1. The lowest BCUT2D eigenvalue weighted by molar-refractivity contribution is -0.159. The molecule has 0 N–H and O–H groups in total. The average Bonchev–Trinajstić information content (AvgIpc) is 2.88. The zero-order valence-electron chi connectivity index (χ0n) is 19.9. The molecule has 3 aliphatic rings. The monoisotopic (exact) mass is 455 g/mol. The number of nitrogens with zero attached hydrogens (tertiary/aromatic N) is 1. The molecule has 4 nitrogen and oxygen atoms in total. The number of fused-ring (bicyclic) bond motifs is 3. The van der Waals surface area contributed by atoms with E-state index in [-0.39, 0.29) is 18.0 Å². The number of piperidine rings is 3. The van der Waals surface area contributed by atoms with Crippen molar-refractivity contribution in [3.8, 4) is 5.75 Å². The van der Waals surface area contributed by atoms with E-state index in [9.17, 15) is 4.79 Å². The third-order valence-electron chi connectivity index (χ3n) is 7.24. The minimum Gasteiger partial charge on any atom is -0.489 e. The lowest BCUT2D eigenvalue weighted by Gasteiger charge is -2.44. The number of rotatable bonds is 8. The molecule has 3 fully saturated rings. The highest BCUT2D eigenvalue weighted by Crippen LogP contribution is 2.33. The van der Waals surface area contributed by atoms with E-state index in [1.165, 1.54) is 5.56 Å². The molecular formula is C30H33NO3. The first-order valence-electron chi connectivity index (χ1n) is 12.4. The third kappa shape index (κ3) is 5.51. The van der Waals surface area contributed by atoms with E-state index in [1.807, 2.05) is 30.3 Å². The lowest BCUT2D eigenvalue weighted by atomic mass is 9.85. The molecule has 6 rings (SSSR count). The molecule has 3 saturated heterocycles. The van der Waals surface area contributed by atoms with Crippen molar-refractivity contribution in [2.75, 3.05) is 19.6 Å². The number of carbonyl (C=O) groups excluding carboxylic acids is 1. The fourth-order valence-electron chi connectivity index (χ4n) is 5.21. The van der Waals surface area contributed by atoms with Gasteiger partial charge in [-0.15, -0.1) is 0 Å². The Kier molecular flexibility index (Phi) is 6.96. The topological polar surface area (TPSA) is 38.8 Å². The van der Waals surface area contributed by atoms with Crippen molar-refractivity contribution in [1.29, 1.82) is 0 Å². The van der Waals surface area contributed by atoms with Crippen molar-refractivity contribution in [2.24, 2.45) is 5.92 Å². The van der Waals surface area contributed by atoms with Crippen LogP contribution in [0.4, 0.5) is 0 Å². The van der Waals surface area contributed by atoms with Gasteiger partial charge in [0.2, 0.25) is 0 Å². The third-order valence-corrected chi connectivity index (χ3v) is 7.24. The van der Waals surface area contributed by atoms with Crippen LogP contribution in [0.1, 0.15) is 47.4 Å². The van der Waals surface area contributed by atoms with Crippen molar-refractivity contribution in [1.82, 2.24) is 4.90 Å². The molecule has 2 bridgehead atoms. The molecule has 3 aliphatic heterocycles. The second-order valence-electron chi connectivity index (χ2n) is 9.68. The van der Waals surface area contributed by atoms with Gasteiger partial charge in [0, 0.05) is 12.5 Å². The zero-order valence-corrected chi connectivity index (χ0v) is 19.9. The van der Waals surface area contributed by atoms with Crippen molar-refractivity contribution >= 4 is 5.97 Å². The molecule has 2 atom stereocenters.